The molecule has 1 aliphatic rings. The van der Waals surface area contributed by atoms with E-state index in [-0.39, 0.29) is 23.2 Å². The van der Waals surface area contributed by atoms with E-state index in [1.165, 1.54) is 6.07 Å². The van der Waals surface area contributed by atoms with Gasteiger partial charge in [-0.25, -0.2) is 0 Å². The number of amides is 2. The predicted molar refractivity (Wildman–Crippen MR) is 77.3 cm³/mol. The van der Waals surface area contributed by atoms with Crippen LogP contribution in [0.1, 0.15) is 46.4 Å². The lowest BCUT2D eigenvalue weighted by Gasteiger charge is -2.28. The van der Waals surface area contributed by atoms with Gasteiger partial charge < -0.3 is 22.5 Å². The molecule has 1 aromatic rings. The van der Waals surface area contributed by atoms with Crippen LogP contribution in [0.15, 0.2) is 18.2 Å². The molecule has 0 aromatic heterocycles. The summed E-state index contributed by atoms with van der Waals surface area (Å²) in [6.45, 7) is 0. The minimum atomic E-state index is -0.587. The Labute approximate surface area is 117 Å². The van der Waals surface area contributed by atoms with Gasteiger partial charge in [0.25, 0.3) is 0 Å². The Kier molecular flexibility index (Phi) is 4.24. The zero-order valence-electron chi connectivity index (χ0n) is 11.3. The Morgan fingerprint density at radius 2 is 1.65 bits per heavy atom. The Bertz CT molecular complexity index is 498. The topological polar surface area (TPSA) is 124 Å². The van der Waals surface area contributed by atoms with Crippen molar-refractivity contribution in [3.05, 3.63) is 29.3 Å². The second kappa shape index (κ2) is 5.92. The molecule has 1 fully saturated rings. The minimum Gasteiger partial charge on any atom is -0.382 e. The average molecular weight is 276 g/mol. The number of nitrogens with one attached hydrogen (secondary N) is 1. The van der Waals surface area contributed by atoms with Crippen molar-refractivity contribution in [3.8, 4) is 0 Å². The highest BCUT2D eigenvalue weighted by Crippen LogP contribution is 2.22. The fourth-order valence-corrected chi connectivity index (χ4v) is 2.59. The number of carbonyl (C=O) groups excluding carboxylic acids is 2. The number of rotatable bonds is 4. The fourth-order valence-electron chi connectivity index (χ4n) is 2.59. The number of nitrogens with two attached hydrogens (primary N) is 3. The van der Waals surface area contributed by atoms with Gasteiger partial charge in [0.2, 0.25) is 11.8 Å². The first kappa shape index (κ1) is 14.3. The Hall–Kier alpha value is -2.08. The molecular formula is C14H20N4O2. The largest absolute Gasteiger partial charge is 0.382 e. The smallest absolute Gasteiger partial charge is 0.248 e. The molecule has 0 bridgehead atoms. The van der Waals surface area contributed by atoms with Crippen molar-refractivity contribution in [2.75, 3.05) is 5.32 Å². The van der Waals surface area contributed by atoms with Gasteiger partial charge in [-0.05, 0) is 43.9 Å². The number of primary amides is 2. The lowest BCUT2D eigenvalue weighted by molar-refractivity contribution is 0.0999. The quantitative estimate of drug-likeness (QED) is 0.641. The maximum absolute atomic E-state index is 11.3. The minimum absolute atomic E-state index is 0.191. The van der Waals surface area contributed by atoms with Gasteiger partial charge in [-0.15, -0.1) is 0 Å². The zero-order valence-corrected chi connectivity index (χ0v) is 11.3. The van der Waals surface area contributed by atoms with Crippen LogP contribution in [0.2, 0.25) is 0 Å². The van der Waals surface area contributed by atoms with Gasteiger partial charge in [0.1, 0.15) is 0 Å². The van der Waals surface area contributed by atoms with Gasteiger partial charge in [-0.2, -0.15) is 0 Å². The van der Waals surface area contributed by atoms with E-state index in [0.29, 0.717) is 5.69 Å². The summed E-state index contributed by atoms with van der Waals surface area (Å²) in [5.41, 5.74) is 17.7. The van der Waals surface area contributed by atoms with Crippen molar-refractivity contribution in [2.45, 2.75) is 37.8 Å². The van der Waals surface area contributed by atoms with Crippen LogP contribution in [0.5, 0.6) is 0 Å². The van der Waals surface area contributed by atoms with Crippen molar-refractivity contribution >= 4 is 17.5 Å². The summed E-state index contributed by atoms with van der Waals surface area (Å²) in [6.07, 6.45) is 3.98. The SMILES string of the molecule is NC(=O)c1cc(NC2CCCC(N)C2)cc(C(N)=O)c1. The molecule has 0 saturated heterocycles. The molecule has 2 atom stereocenters. The maximum Gasteiger partial charge on any atom is 0.248 e. The summed E-state index contributed by atoms with van der Waals surface area (Å²) in [5, 5.41) is 3.31. The Balaban J connectivity index is 2.21. The lowest BCUT2D eigenvalue weighted by atomic mass is 9.91. The average Bonchev–Trinajstić information content (AvgIpc) is 2.38. The molecule has 2 unspecified atom stereocenters. The first-order valence-corrected chi connectivity index (χ1v) is 6.72. The first-order valence-electron chi connectivity index (χ1n) is 6.72. The van der Waals surface area contributed by atoms with E-state index in [1.807, 2.05) is 0 Å². The molecule has 1 saturated carbocycles. The zero-order chi connectivity index (χ0) is 14.7. The number of hydrogen-bond acceptors (Lipinski definition) is 4. The molecule has 0 radical (unpaired) electrons. The molecule has 108 valence electrons. The molecule has 6 heteroatoms. The van der Waals surface area contributed by atoms with Crippen molar-refractivity contribution in [3.63, 3.8) is 0 Å². The summed E-state index contributed by atoms with van der Waals surface area (Å²) in [6, 6.07) is 5.10. The Morgan fingerprint density at radius 1 is 1.05 bits per heavy atom. The predicted octanol–water partition coefficient (Wildman–Crippen LogP) is 0.566. The highest BCUT2D eigenvalue weighted by atomic mass is 16.1. The third-order valence-electron chi connectivity index (χ3n) is 3.59. The molecule has 2 rings (SSSR count). The summed E-state index contributed by atoms with van der Waals surface area (Å²) in [7, 11) is 0. The third kappa shape index (κ3) is 3.48. The van der Waals surface area contributed by atoms with Gasteiger partial charge in [0, 0.05) is 28.9 Å². The van der Waals surface area contributed by atoms with Crippen LogP contribution in [-0.2, 0) is 0 Å². The fraction of sp³-hybridized carbons (Fsp3) is 0.429. The summed E-state index contributed by atoms with van der Waals surface area (Å²) in [4.78, 5) is 22.6. The summed E-state index contributed by atoms with van der Waals surface area (Å²) >= 11 is 0. The number of benzene rings is 1. The summed E-state index contributed by atoms with van der Waals surface area (Å²) < 4.78 is 0. The van der Waals surface area contributed by atoms with E-state index in [4.69, 9.17) is 17.2 Å². The van der Waals surface area contributed by atoms with E-state index >= 15 is 0 Å². The van der Waals surface area contributed by atoms with Crippen LogP contribution in [0.3, 0.4) is 0 Å². The van der Waals surface area contributed by atoms with Gasteiger partial charge in [-0.1, -0.05) is 0 Å². The second-order valence-electron chi connectivity index (χ2n) is 5.30. The molecule has 2 amide bonds. The number of carbonyl (C=O) groups is 2. The standard InChI is InChI=1S/C14H20N4O2/c15-10-2-1-3-11(7-10)18-12-5-8(13(16)19)4-9(6-12)14(17)20/h4-6,10-11,18H,1-3,7,15H2,(H2,16,19)(H2,17,20). The Morgan fingerprint density at radius 3 is 2.15 bits per heavy atom. The van der Waals surface area contributed by atoms with E-state index in [0.717, 1.165) is 25.7 Å². The lowest BCUT2D eigenvalue weighted by Crippen LogP contribution is -2.35. The maximum atomic E-state index is 11.3. The van der Waals surface area contributed by atoms with Crippen LogP contribution in [-0.4, -0.2) is 23.9 Å². The highest BCUT2D eigenvalue weighted by Gasteiger charge is 2.19. The molecule has 6 nitrogen and oxygen atoms in total. The molecule has 1 aromatic carbocycles. The number of hydrogen-bond donors (Lipinski definition) is 4. The van der Waals surface area contributed by atoms with Crippen molar-refractivity contribution < 1.29 is 9.59 Å². The van der Waals surface area contributed by atoms with Crippen LogP contribution in [0, 0.1) is 0 Å². The van der Waals surface area contributed by atoms with Crippen LogP contribution < -0.4 is 22.5 Å². The van der Waals surface area contributed by atoms with E-state index in [9.17, 15) is 9.59 Å². The molecule has 1 aliphatic carbocycles. The number of anilines is 1. The monoisotopic (exact) mass is 276 g/mol. The van der Waals surface area contributed by atoms with Gasteiger partial charge >= 0.3 is 0 Å². The molecular weight excluding hydrogens is 256 g/mol. The van der Waals surface area contributed by atoms with E-state index < -0.39 is 11.8 Å². The van der Waals surface area contributed by atoms with Gasteiger partial charge in [0.15, 0.2) is 0 Å². The van der Waals surface area contributed by atoms with E-state index in [1.54, 1.807) is 12.1 Å². The van der Waals surface area contributed by atoms with Gasteiger partial charge in [0.05, 0.1) is 0 Å². The second-order valence-corrected chi connectivity index (χ2v) is 5.30. The molecule has 20 heavy (non-hydrogen) atoms. The van der Waals surface area contributed by atoms with Crippen LogP contribution in [0.25, 0.3) is 0 Å². The molecule has 0 aliphatic heterocycles. The normalized spacial score (nSPS) is 22.2. The molecule has 7 N–H and O–H groups in total. The summed E-state index contributed by atoms with van der Waals surface area (Å²) in [5.74, 6) is -1.17. The van der Waals surface area contributed by atoms with Crippen molar-refractivity contribution in [1.82, 2.24) is 0 Å². The molecule has 0 spiro atoms. The van der Waals surface area contributed by atoms with E-state index in [2.05, 4.69) is 5.32 Å². The highest BCUT2D eigenvalue weighted by molar-refractivity contribution is 5.99. The van der Waals surface area contributed by atoms with Crippen molar-refractivity contribution in [1.29, 1.82) is 0 Å². The molecule has 0 heterocycles. The third-order valence-corrected chi connectivity index (χ3v) is 3.59. The van der Waals surface area contributed by atoms with Crippen molar-refractivity contribution in [2.24, 2.45) is 17.2 Å². The van der Waals surface area contributed by atoms with Gasteiger partial charge in [-0.3, -0.25) is 9.59 Å². The first-order chi connectivity index (χ1) is 9.45. The van der Waals surface area contributed by atoms with Crippen LogP contribution in [0.4, 0.5) is 5.69 Å². The van der Waals surface area contributed by atoms with Crippen LogP contribution >= 0.6 is 0 Å².